The quantitative estimate of drug-likeness (QED) is 0.0888. The van der Waals surface area contributed by atoms with Crippen molar-refractivity contribution in [1.82, 2.24) is 5.43 Å². The van der Waals surface area contributed by atoms with Crippen LogP contribution in [0.5, 0.6) is 23.0 Å². The van der Waals surface area contributed by atoms with E-state index in [0.29, 0.717) is 53.8 Å². The summed E-state index contributed by atoms with van der Waals surface area (Å²) >= 11 is 0. The number of carbonyl (C=O) groups is 2. The minimum atomic E-state index is -0.519. The highest BCUT2D eigenvalue weighted by molar-refractivity contribution is 5.97. The number of hydrazone groups is 1. The number of hydrogen-bond donors (Lipinski definition) is 1. The van der Waals surface area contributed by atoms with Crippen LogP contribution in [0.2, 0.25) is 0 Å². The Morgan fingerprint density at radius 2 is 1.54 bits per heavy atom. The molecule has 0 saturated heterocycles. The summed E-state index contributed by atoms with van der Waals surface area (Å²) in [6, 6.07) is 28.5. The predicted octanol–water partition coefficient (Wildman–Crippen LogP) is 6.44. The van der Waals surface area contributed by atoms with Gasteiger partial charge in [-0.15, -0.1) is 0 Å². The maximum absolute atomic E-state index is 12.8. The number of rotatable bonds is 13. The number of hydrogen-bond acceptors (Lipinski definition) is 7. The van der Waals surface area contributed by atoms with E-state index in [0.717, 1.165) is 12.0 Å². The summed E-state index contributed by atoms with van der Waals surface area (Å²) in [6.07, 6.45) is 2.38. The van der Waals surface area contributed by atoms with Crippen molar-refractivity contribution < 1.29 is 28.5 Å². The molecule has 0 spiro atoms. The number of para-hydroxylation sites is 1. The second kappa shape index (κ2) is 14.9. The fourth-order valence-electron chi connectivity index (χ4n) is 3.76. The summed E-state index contributed by atoms with van der Waals surface area (Å²) in [6.45, 7) is 5.17. The van der Waals surface area contributed by atoms with Gasteiger partial charge in [0.05, 0.1) is 30.6 Å². The lowest BCUT2D eigenvalue weighted by Gasteiger charge is -2.12. The highest BCUT2D eigenvalue weighted by Crippen LogP contribution is 2.29. The highest BCUT2D eigenvalue weighted by Gasteiger charge is 2.14. The van der Waals surface area contributed by atoms with E-state index >= 15 is 0 Å². The topological polar surface area (TPSA) is 95.5 Å². The fourth-order valence-corrected chi connectivity index (χ4v) is 3.76. The van der Waals surface area contributed by atoms with Crippen LogP contribution in [0.25, 0.3) is 0 Å². The molecule has 0 aliphatic heterocycles. The van der Waals surface area contributed by atoms with E-state index in [2.05, 4.69) is 10.5 Å². The van der Waals surface area contributed by atoms with Crippen molar-refractivity contribution in [1.29, 1.82) is 0 Å². The Balaban J connectivity index is 1.39. The number of nitrogens with one attached hydrogen (secondary N) is 1. The summed E-state index contributed by atoms with van der Waals surface area (Å²) in [4.78, 5) is 25.5. The lowest BCUT2D eigenvalue weighted by Crippen LogP contribution is -2.18. The maximum Gasteiger partial charge on any atom is 0.343 e. The van der Waals surface area contributed by atoms with Crippen LogP contribution in [0.1, 0.15) is 52.1 Å². The zero-order valence-electron chi connectivity index (χ0n) is 23.0. The molecule has 0 heterocycles. The predicted molar refractivity (Wildman–Crippen MR) is 157 cm³/mol. The third-order valence-electron chi connectivity index (χ3n) is 5.78. The lowest BCUT2D eigenvalue weighted by atomic mass is 10.2. The van der Waals surface area contributed by atoms with Gasteiger partial charge in [0.2, 0.25) is 0 Å². The van der Waals surface area contributed by atoms with Crippen molar-refractivity contribution in [3.63, 3.8) is 0 Å². The molecule has 41 heavy (non-hydrogen) atoms. The number of ether oxygens (including phenoxy) is 4. The van der Waals surface area contributed by atoms with Crippen molar-refractivity contribution in [3.05, 3.63) is 119 Å². The van der Waals surface area contributed by atoms with Gasteiger partial charge in [-0.1, -0.05) is 49.4 Å². The van der Waals surface area contributed by atoms with E-state index in [1.807, 2.05) is 44.2 Å². The number of esters is 1. The molecule has 4 aromatic carbocycles. The zero-order valence-corrected chi connectivity index (χ0v) is 23.0. The molecule has 0 aromatic heterocycles. The first-order valence-corrected chi connectivity index (χ1v) is 13.4. The van der Waals surface area contributed by atoms with Crippen LogP contribution >= 0.6 is 0 Å². The molecular formula is C33H32N2O6. The Hall–Kier alpha value is -5.11. The fraction of sp³-hybridized carbons (Fsp3) is 0.182. The molecule has 1 amide bonds. The van der Waals surface area contributed by atoms with Gasteiger partial charge >= 0.3 is 5.97 Å². The van der Waals surface area contributed by atoms with E-state index in [9.17, 15) is 9.59 Å². The minimum absolute atomic E-state index is 0.272. The number of carbonyl (C=O) groups excluding carboxylic acids is 2. The van der Waals surface area contributed by atoms with Crippen molar-refractivity contribution in [2.75, 3.05) is 13.2 Å². The van der Waals surface area contributed by atoms with Crippen LogP contribution in [0.3, 0.4) is 0 Å². The van der Waals surface area contributed by atoms with E-state index in [1.165, 1.54) is 6.21 Å². The molecule has 0 radical (unpaired) electrons. The van der Waals surface area contributed by atoms with Crippen LogP contribution in [-0.2, 0) is 6.61 Å². The Labute approximate surface area is 239 Å². The maximum atomic E-state index is 12.8. The first-order valence-electron chi connectivity index (χ1n) is 13.4. The average molecular weight is 553 g/mol. The van der Waals surface area contributed by atoms with E-state index in [-0.39, 0.29) is 5.75 Å². The van der Waals surface area contributed by atoms with Gasteiger partial charge in [0.1, 0.15) is 18.1 Å². The Morgan fingerprint density at radius 3 is 2.29 bits per heavy atom. The molecule has 0 unspecified atom stereocenters. The Kier molecular flexibility index (Phi) is 10.5. The van der Waals surface area contributed by atoms with Gasteiger partial charge in [-0.3, -0.25) is 4.79 Å². The number of benzene rings is 4. The standard InChI is InChI=1S/C33H32N2O6/c1-3-20-39-27-17-15-26(16-18-27)33(37)41-30-19-14-25(21-31(30)38-4-2)22-34-35-32(36)28-12-8-9-13-29(28)40-23-24-10-6-5-7-11-24/h5-19,21-22H,3-4,20,23H2,1-2H3,(H,35,36)/b34-22+. The summed E-state index contributed by atoms with van der Waals surface area (Å²) in [7, 11) is 0. The van der Waals surface area contributed by atoms with E-state index in [1.54, 1.807) is 66.7 Å². The van der Waals surface area contributed by atoms with Crippen molar-refractivity contribution in [2.24, 2.45) is 5.10 Å². The molecule has 0 aliphatic rings. The monoisotopic (exact) mass is 552 g/mol. The summed E-state index contributed by atoms with van der Waals surface area (Å²) in [5, 5.41) is 4.09. The normalized spacial score (nSPS) is 10.7. The molecule has 0 fully saturated rings. The molecular weight excluding hydrogens is 520 g/mol. The van der Waals surface area contributed by atoms with Gasteiger partial charge in [-0.05, 0) is 79.1 Å². The molecule has 0 atom stereocenters. The summed E-state index contributed by atoms with van der Waals surface area (Å²) < 4.78 is 22.7. The van der Waals surface area contributed by atoms with Crippen LogP contribution in [0.4, 0.5) is 0 Å². The van der Waals surface area contributed by atoms with Crippen LogP contribution < -0.4 is 24.4 Å². The first-order chi connectivity index (χ1) is 20.1. The molecule has 8 nitrogen and oxygen atoms in total. The van der Waals surface area contributed by atoms with Crippen molar-refractivity contribution in [2.45, 2.75) is 26.9 Å². The molecule has 8 heteroatoms. The highest BCUT2D eigenvalue weighted by atomic mass is 16.6. The van der Waals surface area contributed by atoms with E-state index in [4.69, 9.17) is 18.9 Å². The number of nitrogens with zero attached hydrogens (tertiary/aromatic N) is 1. The minimum Gasteiger partial charge on any atom is -0.494 e. The molecule has 210 valence electrons. The van der Waals surface area contributed by atoms with E-state index < -0.39 is 11.9 Å². The summed E-state index contributed by atoms with van der Waals surface area (Å²) in [5.74, 6) is 0.864. The van der Waals surface area contributed by atoms with Crippen LogP contribution in [0.15, 0.2) is 102 Å². The average Bonchev–Trinajstić information content (AvgIpc) is 3.01. The van der Waals surface area contributed by atoms with Gasteiger partial charge in [0.25, 0.3) is 5.91 Å². The van der Waals surface area contributed by atoms with Crippen LogP contribution in [-0.4, -0.2) is 31.3 Å². The van der Waals surface area contributed by atoms with Gasteiger partial charge in [-0.25, -0.2) is 10.2 Å². The second-order valence-corrected chi connectivity index (χ2v) is 8.87. The lowest BCUT2D eigenvalue weighted by molar-refractivity contribution is 0.0728. The first kappa shape index (κ1) is 28.9. The molecule has 4 rings (SSSR count). The van der Waals surface area contributed by atoms with Gasteiger partial charge < -0.3 is 18.9 Å². The smallest absolute Gasteiger partial charge is 0.343 e. The second-order valence-electron chi connectivity index (χ2n) is 8.87. The molecule has 0 aliphatic carbocycles. The largest absolute Gasteiger partial charge is 0.494 e. The van der Waals surface area contributed by atoms with Crippen molar-refractivity contribution >= 4 is 18.1 Å². The Bertz CT molecular complexity index is 1470. The van der Waals surface area contributed by atoms with Gasteiger partial charge in [0, 0.05) is 0 Å². The molecule has 0 saturated carbocycles. The van der Waals surface area contributed by atoms with Crippen molar-refractivity contribution in [3.8, 4) is 23.0 Å². The third kappa shape index (κ3) is 8.44. The molecule has 4 aromatic rings. The number of amides is 1. The summed E-state index contributed by atoms with van der Waals surface area (Å²) in [5.41, 5.74) is 4.92. The van der Waals surface area contributed by atoms with Gasteiger partial charge in [-0.2, -0.15) is 5.10 Å². The SMILES string of the molecule is CCCOc1ccc(C(=O)Oc2ccc(/C=N/NC(=O)c3ccccc3OCc3ccccc3)cc2OCC)cc1. The third-order valence-corrected chi connectivity index (χ3v) is 5.78. The van der Waals surface area contributed by atoms with Gasteiger partial charge in [0.15, 0.2) is 11.5 Å². The molecule has 0 bridgehead atoms. The zero-order chi connectivity index (χ0) is 28.9. The van der Waals surface area contributed by atoms with Crippen LogP contribution in [0, 0.1) is 0 Å². The molecule has 1 N–H and O–H groups in total. The Morgan fingerprint density at radius 1 is 0.780 bits per heavy atom.